The summed E-state index contributed by atoms with van der Waals surface area (Å²) >= 11 is 0. The first-order valence-electron chi connectivity index (χ1n) is 8.52. The van der Waals surface area contributed by atoms with Crippen molar-refractivity contribution in [2.45, 2.75) is 56.8 Å². The van der Waals surface area contributed by atoms with Gasteiger partial charge in [0.2, 0.25) is 11.8 Å². The lowest BCUT2D eigenvalue weighted by molar-refractivity contribution is -0.143. The molecule has 3 aliphatic heterocycles. The van der Waals surface area contributed by atoms with Gasteiger partial charge in [0.1, 0.15) is 6.04 Å². The highest BCUT2D eigenvalue weighted by Crippen LogP contribution is 2.48. The van der Waals surface area contributed by atoms with E-state index in [1.165, 1.54) is 12.8 Å². The van der Waals surface area contributed by atoms with Crippen molar-refractivity contribution in [1.82, 2.24) is 19.8 Å². The zero-order valence-corrected chi connectivity index (χ0v) is 13.7. The molecule has 4 aliphatic rings. The number of nitrogens with zero attached hydrogens (tertiary/aromatic N) is 4. The predicted octanol–water partition coefficient (Wildman–Crippen LogP) is 0.148. The third-order valence-electron chi connectivity index (χ3n) is 5.86. The van der Waals surface area contributed by atoms with Crippen LogP contribution in [0.25, 0.3) is 0 Å². The molecule has 4 atom stereocenters. The fourth-order valence-electron chi connectivity index (χ4n) is 4.56. The number of piperazine rings is 1. The predicted molar refractivity (Wildman–Crippen MR) is 81.7 cm³/mol. The second-order valence-electron chi connectivity index (χ2n) is 7.55. The monoisotopic (exact) mass is 306 g/mol. The van der Waals surface area contributed by atoms with E-state index in [1.54, 1.807) is 6.92 Å². The van der Waals surface area contributed by atoms with Gasteiger partial charge in [0, 0.05) is 46.2 Å². The standard InChI is InChI=1S/C16H26N4O2/c1-10(21)19-14(11-4-5-11)15(19)16(22)20-12-6-7-13(20)9-18(8-12)17(2)3/h11-15H,4-9H2,1-3H3/t12?,13?,14-,15+,19?/m0/s1. The van der Waals surface area contributed by atoms with Crippen molar-refractivity contribution in [2.24, 2.45) is 5.92 Å². The second kappa shape index (κ2) is 4.93. The summed E-state index contributed by atoms with van der Waals surface area (Å²) in [6, 6.07) is 0.695. The molecular formula is C16H26N4O2. The highest BCUT2D eigenvalue weighted by atomic mass is 16.2. The summed E-state index contributed by atoms with van der Waals surface area (Å²) in [7, 11) is 4.14. The summed E-state index contributed by atoms with van der Waals surface area (Å²) in [5, 5.41) is 4.47. The van der Waals surface area contributed by atoms with E-state index in [-0.39, 0.29) is 23.9 Å². The fourth-order valence-corrected chi connectivity index (χ4v) is 4.56. The summed E-state index contributed by atoms with van der Waals surface area (Å²) in [4.78, 5) is 28.8. The number of hydrogen-bond acceptors (Lipinski definition) is 4. The van der Waals surface area contributed by atoms with Crippen molar-refractivity contribution >= 4 is 11.8 Å². The molecule has 1 aliphatic carbocycles. The lowest BCUT2D eigenvalue weighted by Crippen LogP contribution is -2.59. The maximum atomic E-state index is 13.1. The van der Waals surface area contributed by atoms with E-state index in [0.29, 0.717) is 18.0 Å². The number of hydrazine groups is 1. The quantitative estimate of drug-likeness (QED) is 0.696. The van der Waals surface area contributed by atoms with Gasteiger partial charge in [-0.15, -0.1) is 0 Å². The zero-order chi connectivity index (χ0) is 15.6. The summed E-state index contributed by atoms with van der Waals surface area (Å²) in [6.07, 6.45) is 4.56. The molecule has 0 aromatic heterocycles. The summed E-state index contributed by atoms with van der Waals surface area (Å²) in [5.74, 6) is 0.867. The van der Waals surface area contributed by atoms with Crippen molar-refractivity contribution in [3.05, 3.63) is 0 Å². The van der Waals surface area contributed by atoms with Gasteiger partial charge in [0.05, 0.1) is 6.04 Å². The zero-order valence-electron chi connectivity index (χ0n) is 13.7. The summed E-state index contributed by atoms with van der Waals surface area (Å²) < 4.78 is 0. The minimum atomic E-state index is -0.154. The molecule has 6 nitrogen and oxygen atoms in total. The topological polar surface area (TPSA) is 46.9 Å². The number of hydrogen-bond donors (Lipinski definition) is 0. The minimum absolute atomic E-state index is 0.0644. The largest absolute Gasteiger partial charge is 0.332 e. The number of amides is 2. The molecule has 0 N–H and O–H groups in total. The Balaban J connectivity index is 1.49. The van der Waals surface area contributed by atoms with Crippen LogP contribution in [0, 0.1) is 5.92 Å². The third-order valence-corrected chi connectivity index (χ3v) is 5.86. The number of fused-ring (bicyclic) bond motifs is 2. The van der Waals surface area contributed by atoms with E-state index in [4.69, 9.17) is 0 Å². The molecule has 122 valence electrons. The Bertz CT molecular complexity index is 490. The average molecular weight is 306 g/mol. The molecule has 0 spiro atoms. The first-order valence-corrected chi connectivity index (χ1v) is 8.52. The molecule has 6 heteroatoms. The van der Waals surface area contributed by atoms with Crippen molar-refractivity contribution in [3.8, 4) is 0 Å². The van der Waals surface area contributed by atoms with Gasteiger partial charge in [0.15, 0.2) is 0 Å². The number of carbonyl (C=O) groups is 2. The van der Waals surface area contributed by atoms with Crippen LogP contribution in [0.5, 0.6) is 0 Å². The molecule has 3 saturated heterocycles. The van der Waals surface area contributed by atoms with Crippen LogP contribution in [0.15, 0.2) is 0 Å². The second-order valence-corrected chi connectivity index (χ2v) is 7.55. The van der Waals surface area contributed by atoms with Gasteiger partial charge >= 0.3 is 0 Å². The van der Waals surface area contributed by atoms with Crippen LogP contribution < -0.4 is 0 Å². The maximum Gasteiger partial charge on any atom is 0.248 e. The Morgan fingerprint density at radius 1 is 0.955 bits per heavy atom. The smallest absolute Gasteiger partial charge is 0.248 e. The van der Waals surface area contributed by atoms with Gasteiger partial charge < -0.3 is 9.80 Å². The van der Waals surface area contributed by atoms with Gasteiger partial charge in [-0.25, -0.2) is 10.0 Å². The van der Waals surface area contributed by atoms with Crippen molar-refractivity contribution in [1.29, 1.82) is 0 Å². The third kappa shape index (κ3) is 2.15. The fraction of sp³-hybridized carbons (Fsp3) is 0.875. The van der Waals surface area contributed by atoms with Crippen LogP contribution in [-0.2, 0) is 9.59 Å². The molecule has 22 heavy (non-hydrogen) atoms. The molecule has 4 rings (SSSR count). The van der Waals surface area contributed by atoms with Gasteiger partial charge in [-0.1, -0.05) is 0 Å². The Hall–Kier alpha value is -1.14. The average Bonchev–Trinajstić information content (AvgIpc) is 3.34. The van der Waals surface area contributed by atoms with Crippen LogP contribution in [0.4, 0.5) is 0 Å². The van der Waals surface area contributed by atoms with E-state index < -0.39 is 0 Å². The van der Waals surface area contributed by atoms with Gasteiger partial charge in [-0.05, 0) is 31.6 Å². The van der Waals surface area contributed by atoms with Crippen LogP contribution in [-0.4, -0.2) is 83.0 Å². The molecular weight excluding hydrogens is 280 g/mol. The van der Waals surface area contributed by atoms with Crippen molar-refractivity contribution in [2.75, 3.05) is 27.2 Å². The minimum Gasteiger partial charge on any atom is -0.332 e. The van der Waals surface area contributed by atoms with Crippen LogP contribution in [0.1, 0.15) is 32.6 Å². The molecule has 2 amide bonds. The van der Waals surface area contributed by atoms with Gasteiger partial charge in [0.25, 0.3) is 0 Å². The van der Waals surface area contributed by atoms with Gasteiger partial charge in [-0.2, -0.15) is 0 Å². The van der Waals surface area contributed by atoms with E-state index >= 15 is 0 Å². The maximum absolute atomic E-state index is 13.1. The normalized spacial score (nSPS) is 37.8. The Kier molecular flexibility index (Phi) is 3.24. The summed E-state index contributed by atoms with van der Waals surface area (Å²) in [5.41, 5.74) is 0. The van der Waals surface area contributed by atoms with Crippen LogP contribution >= 0.6 is 0 Å². The van der Waals surface area contributed by atoms with E-state index in [0.717, 1.165) is 25.9 Å². The SMILES string of the molecule is CC(=O)N1[C@@H](C(=O)N2C3CCC2CN(N(C)C)C3)[C@@H]1C1CC1. The highest BCUT2D eigenvalue weighted by Gasteiger charge is 2.62. The van der Waals surface area contributed by atoms with E-state index in [9.17, 15) is 9.59 Å². The molecule has 4 fully saturated rings. The molecule has 0 radical (unpaired) electrons. The lowest BCUT2D eigenvalue weighted by Gasteiger charge is -2.43. The Morgan fingerprint density at radius 3 is 2.00 bits per heavy atom. The molecule has 0 aromatic rings. The molecule has 3 heterocycles. The molecule has 2 unspecified atom stereocenters. The van der Waals surface area contributed by atoms with Crippen molar-refractivity contribution in [3.63, 3.8) is 0 Å². The number of rotatable bonds is 3. The Labute approximate surface area is 132 Å². The Morgan fingerprint density at radius 2 is 1.55 bits per heavy atom. The van der Waals surface area contributed by atoms with Gasteiger partial charge in [-0.3, -0.25) is 9.59 Å². The van der Waals surface area contributed by atoms with Crippen LogP contribution in [0.2, 0.25) is 0 Å². The van der Waals surface area contributed by atoms with E-state index in [1.807, 2.05) is 4.90 Å². The molecule has 1 saturated carbocycles. The first kappa shape index (κ1) is 14.5. The highest BCUT2D eigenvalue weighted by molar-refractivity contribution is 5.94. The van der Waals surface area contributed by atoms with E-state index in [2.05, 4.69) is 29.0 Å². The number of carbonyl (C=O) groups excluding carboxylic acids is 2. The lowest BCUT2D eigenvalue weighted by atomic mass is 10.1. The summed E-state index contributed by atoms with van der Waals surface area (Å²) in [6.45, 7) is 3.45. The molecule has 2 bridgehead atoms. The van der Waals surface area contributed by atoms with Crippen molar-refractivity contribution < 1.29 is 9.59 Å². The van der Waals surface area contributed by atoms with Crippen LogP contribution in [0.3, 0.4) is 0 Å². The first-order chi connectivity index (χ1) is 10.5. The molecule has 0 aromatic carbocycles.